The average molecular weight is 177 g/mol. The lowest BCUT2D eigenvalue weighted by Crippen LogP contribution is -2.30. The summed E-state index contributed by atoms with van der Waals surface area (Å²) in [5, 5.41) is 6.56. The lowest BCUT2D eigenvalue weighted by molar-refractivity contribution is -0.114. The first-order chi connectivity index (χ1) is 6.33. The molecule has 0 fully saturated rings. The minimum Gasteiger partial charge on any atom is -0.354 e. The SMILES string of the molecule is CNC(=O)C1=NNC2CC=CC=C12. The van der Waals surface area contributed by atoms with Crippen LogP contribution in [-0.2, 0) is 4.79 Å². The monoisotopic (exact) mass is 177 g/mol. The zero-order valence-electron chi connectivity index (χ0n) is 7.37. The molecule has 0 saturated heterocycles. The molecule has 0 aromatic heterocycles. The summed E-state index contributed by atoms with van der Waals surface area (Å²) in [7, 11) is 1.61. The van der Waals surface area contributed by atoms with E-state index in [2.05, 4.69) is 21.9 Å². The Hall–Kier alpha value is -1.58. The molecule has 0 aromatic rings. The van der Waals surface area contributed by atoms with E-state index in [0.29, 0.717) is 5.71 Å². The fourth-order valence-corrected chi connectivity index (χ4v) is 1.50. The van der Waals surface area contributed by atoms with E-state index >= 15 is 0 Å². The van der Waals surface area contributed by atoms with Gasteiger partial charge in [0.1, 0.15) is 0 Å². The Balaban J connectivity index is 2.27. The first-order valence-corrected chi connectivity index (χ1v) is 4.25. The molecule has 0 aromatic carbocycles. The van der Waals surface area contributed by atoms with Crippen molar-refractivity contribution in [1.29, 1.82) is 0 Å². The minimum atomic E-state index is -0.128. The standard InChI is InChI=1S/C9H11N3O/c1-10-9(13)8-6-4-2-3-5-7(6)11-12-8/h2-4,7,11H,5H2,1H3,(H,10,13). The van der Waals surface area contributed by atoms with Crippen molar-refractivity contribution >= 4 is 11.6 Å². The molecule has 2 N–H and O–H groups in total. The van der Waals surface area contributed by atoms with Gasteiger partial charge in [-0.1, -0.05) is 18.2 Å². The Bertz CT molecular complexity index is 328. The molecule has 4 heteroatoms. The quantitative estimate of drug-likeness (QED) is 0.590. The number of nitrogens with one attached hydrogen (secondary N) is 2. The minimum absolute atomic E-state index is 0.128. The summed E-state index contributed by atoms with van der Waals surface area (Å²) in [6, 6.07) is 0.192. The van der Waals surface area contributed by atoms with Gasteiger partial charge in [0.05, 0.1) is 6.04 Å². The average Bonchev–Trinajstić information content (AvgIpc) is 2.60. The first-order valence-electron chi connectivity index (χ1n) is 4.25. The second kappa shape index (κ2) is 3.05. The molecule has 2 rings (SSSR count). The topological polar surface area (TPSA) is 53.5 Å². The van der Waals surface area contributed by atoms with Gasteiger partial charge in [0.15, 0.2) is 5.71 Å². The highest BCUT2D eigenvalue weighted by molar-refractivity contribution is 6.46. The van der Waals surface area contributed by atoms with Crippen LogP contribution in [-0.4, -0.2) is 24.7 Å². The summed E-state index contributed by atoms with van der Waals surface area (Å²) in [6.07, 6.45) is 6.85. The van der Waals surface area contributed by atoms with Crippen molar-refractivity contribution in [3.05, 3.63) is 23.8 Å². The Kier molecular flexibility index (Phi) is 1.88. The third kappa shape index (κ3) is 1.24. The molecular weight excluding hydrogens is 166 g/mol. The van der Waals surface area contributed by atoms with E-state index in [0.717, 1.165) is 12.0 Å². The summed E-state index contributed by atoms with van der Waals surface area (Å²) < 4.78 is 0. The van der Waals surface area contributed by atoms with Crippen LogP contribution in [0.3, 0.4) is 0 Å². The summed E-state index contributed by atoms with van der Waals surface area (Å²) in [5.74, 6) is -0.128. The molecule has 1 aliphatic heterocycles. The maximum atomic E-state index is 11.3. The van der Waals surface area contributed by atoms with Crippen LogP contribution < -0.4 is 10.7 Å². The second-order valence-corrected chi connectivity index (χ2v) is 3.01. The molecule has 1 heterocycles. The van der Waals surface area contributed by atoms with Gasteiger partial charge in [-0.3, -0.25) is 4.79 Å². The molecule has 4 nitrogen and oxygen atoms in total. The third-order valence-corrected chi connectivity index (χ3v) is 2.21. The van der Waals surface area contributed by atoms with Gasteiger partial charge in [0, 0.05) is 12.6 Å². The molecule has 68 valence electrons. The highest BCUT2D eigenvalue weighted by Crippen LogP contribution is 2.19. The predicted molar refractivity (Wildman–Crippen MR) is 50.3 cm³/mol. The van der Waals surface area contributed by atoms with Gasteiger partial charge in [-0.15, -0.1) is 0 Å². The van der Waals surface area contributed by atoms with Gasteiger partial charge in [-0.2, -0.15) is 5.10 Å². The number of rotatable bonds is 1. The molecule has 1 atom stereocenters. The Morgan fingerprint density at radius 2 is 2.62 bits per heavy atom. The molecule has 13 heavy (non-hydrogen) atoms. The van der Waals surface area contributed by atoms with E-state index in [-0.39, 0.29) is 11.9 Å². The van der Waals surface area contributed by atoms with Crippen molar-refractivity contribution < 1.29 is 4.79 Å². The number of carbonyl (C=O) groups excluding carboxylic acids is 1. The van der Waals surface area contributed by atoms with E-state index < -0.39 is 0 Å². The molecule has 1 unspecified atom stereocenters. The van der Waals surface area contributed by atoms with Crippen LogP contribution in [0.1, 0.15) is 6.42 Å². The summed E-state index contributed by atoms with van der Waals surface area (Å²) in [5.41, 5.74) is 4.43. The fraction of sp³-hybridized carbons (Fsp3) is 0.333. The van der Waals surface area contributed by atoms with Gasteiger partial charge < -0.3 is 10.7 Å². The van der Waals surface area contributed by atoms with E-state index in [1.165, 1.54) is 0 Å². The van der Waals surface area contributed by atoms with Crippen molar-refractivity contribution in [1.82, 2.24) is 10.7 Å². The van der Waals surface area contributed by atoms with Crippen LogP contribution in [0.4, 0.5) is 0 Å². The van der Waals surface area contributed by atoms with Crippen molar-refractivity contribution in [2.24, 2.45) is 5.10 Å². The summed E-state index contributed by atoms with van der Waals surface area (Å²) >= 11 is 0. The van der Waals surface area contributed by atoms with Gasteiger partial charge >= 0.3 is 0 Å². The number of nitrogens with zero attached hydrogens (tertiary/aromatic N) is 1. The lowest BCUT2D eigenvalue weighted by atomic mass is 9.96. The lowest BCUT2D eigenvalue weighted by Gasteiger charge is -2.12. The number of amides is 1. The third-order valence-electron chi connectivity index (χ3n) is 2.21. The zero-order valence-corrected chi connectivity index (χ0v) is 7.37. The van der Waals surface area contributed by atoms with E-state index in [9.17, 15) is 4.79 Å². The number of hydrogen-bond acceptors (Lipinski definition) is 3. The Labute approximate surface area is 76.4 Å². The molecule has 2 aliphatic rings. The highest BCUT2D eigenvalue weighted by atomic mass is 16.1. The van der Waals surface area contributed by atoms with Crippen LogP contribution in [0.15, 0.2) is 28.9 Å². The van der Waals surface area contributed by atoms with Crippen molar-refractivity contribution in [2.45, 2.75) is 12.5 Å². The first kappa shape index (κ1) is 8.04. The maximum absolute atomic E-state index is 11.3. The van der Waals surface area contributed by atoms with Gasteiger partial charge in [-0.25, -0.2) is 0 Å². The molecule has 1 amide bonds. The van der Waals surface area contributed by atoms with Crippen LogP contribution in [0.2, 0.25) is 0 Å². The number of hydrogen-bond donors (Lipinski definition) is 2. The van der Waals surface area contributed by atoms with Crippen molar-refractivity contribution in [3.8, 4) is 0 Å². The van der Waals surface area contributed by atoms with Crippen LogP contribution >= 0.6 is 0 Å². The van der Waals surface area contributed by atoms with Crippen molar-refractivity contribution in [2.75, 3.05) is 7.05 Å². The highest BCUT2D eigenvalue weighted by Gasteiger charge is 2.28. The van der Waals surface area contributed by atoms with Crippen LogP contribution in [0, 0.1) is 0 Å². The van der Waals surface area contributed by atoms with Crippen LogP contribution in [0.5, 0.6) is 0 Å². The smallest absolute Gasteiger partial charge is 0.271 e. The Morgan fingerprint density at radius 1 is 1.77 bits per heavy atom. The number of allylic oxidation sites excluding steroid dienone is 2. The fourth-order valence-electron chi connectivity index (χ4n) is 1.50. The molecule has 0 radical (unpaired) electrons. The van der Waals surface area contributed by atoms with Crippen molar-refractivity contribution in [3.63, 3.8) is 0 Å². The van der Waals surface area contributed by atoms with E-state index in [1.54, 1.807) is 7.05 Å². The number of hydrazone groups is 1. The maximum Gasteiger partial charge on any atom is 0.271 e. The van der Waals surface area contributed by atoms with Gasteiger partial charge in [-0.05, 0) is 6.42 Å². The predicted octanol–water partition coefficient (Wildman–Crippen LogP) is -0.0535. The van der Waals surface area contributed by atoms with Gasteiger partial charge in [0.25, 0.3) is 5.91 Å². The molecular formula is C9H11N3O. The normalized spacial score (nSPS) is 24.2. The second-order valence-electron chi connectivity index (χ2n) is 3.01. The number of carbonyl (C=O) groups is 1. The van der Waals surface area contributed by atoms with Crippen LogP contribution in [0.25, 0.3) is 0 Å². The Morgan fingerprint density at radius 3 is 3.38 bits per heavy atom. The number of fused-ring (bicyclic) bond motifs is 1. The molecule has 0 bridgehead atoms. The molecule has 1 aliphatic carbocycles. The summed E-state index contributed by atoms with van der Waals surface area (Å²) in [6.45, 7) is 0. The summed E-state index contributed by atoms with van der Waals surface area (Å²) in [4.78, 5) is 11.3. The van der Waals surface area contributed by atoms with E-state index in [1.807, 2.05) is 12.2 Å². The molecule has 0 spiro atoms. The van der Waals surface area contributed by atoms with Gasteiger partial charge in [0.2, 0.25) is 0 Å². The zero-order chi connectivity index (χ0) is 9.26. The molecule has 0 saturated carbocycles. The largest absolute Gasteiger partial charge is 0.354 e. The van der Waals surface area contributed by atoms with E-state index in [4.69, 9.17) is 0 Å².